The normalized spacial score (nSPS) is 15.1. The number of nitrogens with two attached hydrogens (primary N) is 1. The van der Waals surface area contributed by atoms with Crippen LogP contribution in [-0.2, 0) is 10.0 Å². The molecule has 1 aromatic carbocycles. The minimum absolute atomic E-state index is 0.00460. The fourth-order valence-corrected chi connectivity index (χ4v) is 2.70. The molecule has 104 valence electrons. The van der Waals surface area contributed by atoms with Crippen molar-refractivity contribution in [3.05, 3.63) is 22.4 Å². The number of carbonyl (C=O) groups excluding carboxylic acids is 1. The highest BCUT2D eigenvalue weighted by atomic mass is 79.9. The maximum atomic E-state index is 13.6. The molecule has 6 nitrogen and oxygen atoms in total. The molecule has 1 saturated carbocycles. The molecule has 1 fully saturated rings. The number of benzene rings is 1. The van der Waals surface area contributed by atoms with E-state index in [4.69, 9.17) is 5.73 Å². The highest BCUT2D eigenvalue weighted by molar-refractivity contribution is 9.10. The van der Waals surface area contributed by atoms with Crippen molar-refractivity contribution in [2.75, 3.05) is 5.73 Å². The van der Waals surface area contributed by atoms with E-state index in [0.29, 0.717) is 0 Å². The van der Waals surface area contributed by atoms with Gasteiger partial charge in [0, 0.05) is 16.2 Å². The van der Waals surface area contributed by atoms with Crippen molar-refractivity contribution in [2.24, 2.45) is 0 Å². The van der Waals surface area contributed by atoms with Gasteiger partial charge in [-0.15, -0.1) is 0 Å². The molecule has 0 bridgehead atoms. The second-order valence-electron chi connectivity index (χ2n) is 4.16. The van der Waals surface area contributed by atoms with Crippen LogP contribution in [0.1, 0.15) is 12.8 Å². The van der Waals surface area contributed by atoms with Gasteiger partial charge in [-0.2, -0.15) is 0 Å². The van der Waals surface area contributed by atoms with E-state index < -0.39 is 26.8 Å². The van der Waals surface area contributed by atoms with Gasteiger partial charge in [-0.3, -0.25) is 0 Å². The lowest BCUT2D eigenvalue weighted by molar-refractivity contribution is 0.245. The van der Waals surface area contributed by atoms with Crippen molar-refractivity contribution in [2.45, 2.75) is 23.8 Å². The summed E-state index contributed by atoms with van der Waals surface area (Å²) in [6.45, 7) is 0. The number of anilines is 1. The van der Waals surface area contributed by atoms with Gasteiger partial charge in [0.2, 0.25) is 0 Å². The first-order valence-corrected chi connectivity index (χ1v) is 7.65. The number of sulfonamides is 1. The Bertz CT molecular complexity index is 631. The third-order valence-electron chi connectivity index (χ3n) is 2.48. The van der Waals surface area contributed by atoms with Crippen LogP contribution in [0.25, 0.3) is 0 Å². The SMILES string of the molecule is Nc1cc(S(=O)(=O)NC(=O)NC2CC2)c(F)cc1Br. The van der Waals surface area contributed by atoms with Gasteiger partial charge in [0.05, 0.1) is 0 Å². The fourth-order valence-electron chi connectivity index (χ4n) is 1.37. The molecule has 1 aromatic rings. The van der Waals surface area contributed by atoms with E-state index in [2.05, 4.69) is 21.2 Å². The largest absolute Gasteiger partial charge is 0.398 e. The number of rotatable bonds is 3. The summed E-state index contributed by atoms with van der Waals surface area (Å²) in [4.78, 5) is 10.7. The third kappa shape index (κ3) is 3.35. The smallest absolute Gasteiger partial charge is 0.328 e. The molecule has 0 radical (unpaired) electrons. The van der Waals surface area contributed by atoms with Crippen molar-refractivity contribution in [3.8, 4) is 0 Å². The molecule has 0 saturated heterocycles. The number of hydrogen-bond donors (Lipinski definition) is 3. The maximum absolute atomic E-state index is 13.6. The van der Waals surface area contributed by atoms with E-state index >= 15 is 0 Å². The van der Waals surface area contributed by atoms with Gasteiger partial charge in [-0.1, -0.05) is 0 Å². The van der Waals surface area contributed by atoms with Gasteiger partial charge >= 0.3 is 6.03 Å². The number of nitrogen functional groups attached to an aromatic ring is 1. The molecule has 0 unspecified atom stereocenters. The van der Waals surface area contributed by atoms with Gasteiger partial charge < -0.3 is 11.1 Å². The van der Waals surface area contributed by atoms with Crippen LogP contribution in [0.3, 0.4) is 0 Å². The van der Waals surface area contributed by atoms with E-state index in [1.54, 1.807) is 4.72 Å². The van der Waals surface area contributed by atoms with Crippen LogP contribution >= 0.6 is 15.9 Å². The van der Waals surface area contributed by atoms with Gasteiger partial charge in [0.15, 0.2) is 0 Å². The lowest BCUT2D eigenvalue weighted by atomic mass is 10.3. The predicted molar refractivity (Wildman–Crippen MR) is 70.4 cm³/mol. The zero-order chi connectivity index (χ0) is 14.2. The first-order valence-electron chi connectivity index (χ1n) is 5.37. The van der Waals surface area contributed by atoms with Crippen molar-refractivity contribution >= 4 is 37.7 Å². The van der Waals surface area contributed by atoms with E-state index in [0.717, 1.165) is 25.0 Å². The molecular formula is C10H11BrFN3O3S. The number of urea groups is 1. The van der Waals surface area contributed by atoms with Gasteiger partial charge in [0.1, 0.15) is 10.7 Å². The zero-order valence-corrected chi connectivity index (χ0v) is 12.0. The van der Waals surface area contributed by atoms with Crippen LogP contribution in [-0.4, -0.2) is 20.5 Å². The number of hydrogen-bond acceptors (Lipinski definition) is 4. The standard InChI is InChI=1S/C10H11BrFN3O3S/c11-6-3-7(12)9(4-8(6)13)19(17,18)15-10(16)14-5-1-2-5/h3-5H,1-2,13H2,(H2,14,15,16). The summed E-state index contributed by atoms with van der Waals surface area (Å²) >= 11 is 2.98. The van der Waals surface area contributed by atoms with E-state index in [1.165, 1.54) is 0 Å². The summed E-state index contributed by atoms with van der Waals surface area (Å²) in [5.74, 6) is -0.993. The molecule has 0 atom stereocenters. The van der Waals surface area contributed by atoms with Gasteiger partial charge in [-0.05, 0) is 40.9 Å². The van der Waals surface area contributed by atoms with Crippen LogP contribution in [0.4, 0.5) is 14.9 Å². The van der Waals surface area contributed by atoms with Crippen molar-refractivity contribution < 1.29 is 17.6 Å². The molecule has 4 N–H and O–H groups in total. The Morgan fingerprint density at radius 1 is 1.42 bits per heavy atom. The topological polar surface area (TPSA) is 101 Å². The summed E-state index contributed by atoms with van der Waals surface area (Å²) in [5.41, 5.74) is 5.56. The third-order valence-corrected chi connectivity index (χ3v) is 4.51. The predicted octanol–water partition coefficient (Wildman–Crippen LogP) is 1.32. The molecule has 19 heavy (non-hydrogen) atoms. The Labute approximate surface area is 117 Å². The zero-order valence-electron chi connectivity index (χ0n) is 9.61. The Balaban J connectivity index is 2.23. The summed E-state index contributed by atoms with van der Waals surface area (Å²) in [5, 5.41) is 2.43. The van der Waals surface area contributed by atoms with Crippen LogP contribution in [0.15, 0.2) is 21.5 Å². The molecule has 2 amide bonds. The maximum Gasteiger partial charge on any atom is 0.328 e. The molecule has 0 spiro atoms. The monoisotopic (exact) mass is 351 g/mol. The molecule has 0 heterocycles. The van der Waals surface area contributed by atoms with Crippen LogP contribution in [0.5, 0.6) is 0 Å². The van der Waals surface area contributed by atoms with E-state index in [1.807, 2.05) is 0 Å². The molecule has 2 rings (SSSR count). The van der Waals surface area contributed by atoms with Crippen molar-refractivity contribution in [1.29, 1.82) is 0 Å². The minimum Gasteiger partial charge on any atom is -0.398 e. The number of amides is 2. The molecule has 0 aromatic heterocycles. The Hall–Kier alpha value is -1.35. The second-order valence-corrected chi connectivity index (χ2v) is 6.66. The minimum atomic E-state index is -4.29. The summed E-state index contributed by atoms with van der Waals surface area (Å²) < 4.78 is 39.3. The van der Waals surface area contributed by atoms with Crippen LogP contribution < -0.4 is 15.8 Å². The highest BCUT2D eigenvalue weighted by Crippen LogP contribution is 2.26. The fraction of sp³-hybridized carbons (Fsp3) is 0.300. The number of nitrogens with one attached hydrogen (secondary N) is 2. The molecule has 0 aliphatic heterocycles. The lowest BCUT2D eigenvalue weighted by Crippen LogP contribution is -2.40. The van der Waals surface area contributed by atoms with Crippen molar-refractivity contribution in [3.63, 3.8) is 0 Å². The van der Waals surface area contributed by atoms with E-state index in [9.17, 15) is 17.6 Å². The number of carbonyl (C=O) groups is 1. The van der Waals surface area contributed by atoms with Crippen LogP contribution in [0, 0.1) is 5.82 Å². The first kappa shape index (κ1) is 14.1. The van der Waals surface area contributed by atoms with Crippen molar-refractivity contribution in [1.82, 2.24) is 10.0 Å². The van der Waals surface area contributed by atoms with Gasteiger partial charge in [-0.25, -0.2) is 22.3 Å². The average molecular weight is 352 g/mol. The molecule has 9 heteroatoms. The quantitative estimate of drug-likeness (QED) is 0.714. The highest BCUT2D eigenvalue weighted by Gasteiger charge is 2.27. The summed E-state index contributed by atoms with van der Waals surface area (Å²) in [7, 11) is -4.29. The molecular weight excluding hydrogens is 341 g/mol. The second kappa shape index (κ2) is 4.97. The average Bonchev–Trinajstić information content (AvgIpc) is 3.05. The first-order chi connectivity index (χ1) is 8.79. The molecule has 1 aliphatic carbocycles. The van der Waals surface area contributed by atoms with Gasteiger partial charge in [0.25, 0.3) is 10.0 Å². The lowest BCUT2D eigenvalue weighted by Gasteiger charge is -2.10. The Morgan fingerprint density at radius 2 is 2.05 bits per heavy atom. The Kier molecular flexibility index (Phi) is 3.68. The number of halogens is 2. The summed E-state index contributed by atoms with van der Waals surface area (Å²) in [6, 6.07) is 1.01. The molecule has 1 aliphatic rings. The van der Waals surface area contributed by atoms with E-state index in [-0.39, 0.29) is 16.2 Å². The van der Waals surface area contributed by atoms with Crippen LogP contribution in [0.2, 0.25) is 0 Å². The Morgan fingerprint density at radius 3 is 2.63 bits per heavy atom. The summed E-state index contributed by atoms with van der Waals surface area (Å²) in [6.07, 6.45) is 1.63.